The Hall–Kier alpha value is -1.88. The van der Waals surface area contributed by atoms with Gasteiger partial charge in [0.15, 0.2) is 0 Å². The van der Waals surface area contributed by atoms with Gasteiger partial charge in [-0.15, -0.1) is 11.3 Å². The number of nitrogens with zero attached hydrogens (tertiary/aromatic N) is 3. The van der Waals surface area contributed by atoms with Crippen molar-refractivity contribution in [1.82, 2.24) is 4.98 Å². The van der Waals surface area contributed by atoms with Crippen molar-refractivity contribution in [3.63, 3.8) is 0 Å². The highest BCUT2D eigenvalue weighted by Crippen LogP contribution is 2.21. The van der Waals surface area contributed by atoms with E-state index in [9.17, 15) is 0 Å². The van der Waals surface area contributed by atoms with E-state index in [1.54, 1.807) is 11.3 Å². The lowest BCUT2D eigenvalue weighted by molar-refractivity contribution is 0.866. The Morgan fingerprint density at radius 3 is 2.38 bits per heavy atom. The zero-order chi connectivity index (χ0) is 15.2. The third kappa shape index (κ3) is 4.04. The van der Waals surface area contributed by atoms with Gasteiger partial charge in [-0.1, -0.05) is 12.1 Å². The van der Waals surface area contributed by atoms with Crippen LogP contribution in [0.15, 0.2) is 29.4 Å². The molecular weight excluding hydrogens is 280 g/mol. The minimum atomic E-state index is 0.834. The second-order valence-electron chi connectivity index (χ2n) is 4.79. The molecule has 4 nitrogen and oxygen atoms in total. The summed E-state index contributed by atoms with van der Waals surface area (Å²) in [6.45, 7) is 10.4. The zero-order valence-corrected chi connectivity index (χ0v) is 13.9. The van der Waals surface area contributed by atoms with Crippen molar-refractivity contribution >= 4 is 28.4 Å². The average molecular weight is 302 g/mol. The van der Waals surface area contributed by atoms with Crippen molar-refractivity contribution in [2.24, 2.45) is 5.10 Å². The first-order valence-corrected chi connectivity index (χ1v) is 8.03. The minimum absolute atomic E-state index is 0.834. The smallest absolute Gasteiger partial charge is 0.203 e. The second-order valence-corrected chi connectivity index (χ2v) is 6.00. The van der Waals surface area contributed by atoms with Gasteiger partial charge >= 0.3 is 0 Å². The minimum Gasteiger partial charge on any atom is -0.372 e. The highest BCUT2D eigenvalue weighted by atomic mass is 32.1. The molecule has 0 saturated carbocycles. The molecule has 1 aromatic carbocycles. The van der Waals surface area contributed by atoms with Gasteiger partial charge < -0.3 is 4.90 Å². The first-order valence-electron chi connectivity index (χ1n) is 7.22. The maximum Gasteiger partial charge on any atom is 0.203 e. The summed E-state index contributed by atoms with van der Waals surface area (Å²) in [7, 11) is 0. The highest BCUT2D eigenvalue weighted by Gasteiger charge is 2.02. The molecule has 0 bridgehead atoms. The number of hydrogen-bond acceptors (Lipinski definition) is 5. The highest BCUT2D eigenvalue weighted by molar-refractivity contribution is 7.15. The van der Waals surface area contributed by atoms with Crippen LogP contribution in [0.1, 0.15) is 30.0 Å². The number of anilines is 2. The third-order valence-electron chi connectivity index (χ3n) is 3.42. The van der Waals surface area contributed by atoms with Gasteiger partial charge in [0, 0.05) is 23.7 Å². The summed E-state index contributed by atoms with van der Waals surface area (Å²) >= 11 is 1.62. The number of rotatable bonds is 6. The SMILES string of the molecule is CCN(CC)c1ccc(/C=N\Nc2nc(C)c(C)s2)cc1. The van der Waals surface area contributed by atoms with E-state index < -0.39 is 0 Å². The van der Waals surface area contributed by atoms with Crippen LogP contribution in [0, 0.1) is 13.8 Å². The van der Waals surface area contributed by atoms with Gasteiger partial charge in [-0.3, -0.25) is 5.43 Å². The van der Waals surface area contributed by atoms with E-state index in [-0.39, 0.29) is 0 Å². The molecule has 0 spiro atoms. The Labute approximate surface area is 130 Å². The van der Waals surface area contributed by atoms with Gasteiger partial charge in [0.25, 0.3) is 0 Å². The lowest BCUT2D eigenvalue weighted by Crippen LogP contribution is -2.21. The van der Waals surface area contributed by atoms with Crippen LogP contribution in [0.2, 0.25) is 0 Å². The number of hydrazone groups is 1. The molecule has 1 aromatic heterocycles. The number of aromatic nitrogens is 1. The Balaban J connectivity index is 1.98. The summed E-state index contributed by atoms with van der Waals surface area (Å²) < 4.78 is 0. The molecular formula is C16H22N4S. The molecule has 21 heavy (non-hydrogen) atoms. The Morgan fingerprint density at radius 1 is 1.19 bits per heavy atom. The average Bonchev–Trinajstić information content (AvgIpc) is 2.80. The lowest BCUT2D eigenvalue weighted by atomic mass is 10.2. The van der Waals surface area contributed by atoms with Gasteiger partial charge in [-0.25, -0.2) is 4.98 Å². The fourth-order valence-corrected chi connectivity index (χ4v) is 2.81. The summed E-state index contributed by atoms with van der Waals surface area (Å²) in [4.78, 5) is 7.93. The molecule has 0 radical (unpaired) electrons. The fraction of sp³-hybridized carbons (Fsp3) is 0.375. The maximum absolute atomic E-state index is 4.39. The number of aryl methyl sites for hydroxylation is 2. The topological polar surface area (TPSA) is 40.5 Å². The Kier molecular flexibility index (Phi) is 5.33. The fourth-order valence-electron chi connectivity index (χ4n) is 2.04. The number of thiazole rings is 1. The molecule has 5 heteroatoms. The maximum atomic E-state index is 4.39. The third-order valence-corrected chi connectivity index (χ3v) is 4.40. The molecule has 0 aliphatic carbocycles. The van der Waals surface area contributed by atoms with Crippen LogP contribution in [0.3, 0.4) is 0 Å². The van der Waals surface area contributed by atoms with Gasteiger partial charge in [0.05, 0.1) is 11.9 Å². The van der Waals surface area contributed by atoms with Crippen molar-refractivity contribution in [1.29, 1.82) is 0 Å². The largest absolute Gasteiger partial charge is 0.372 e. The molecule has 0 aliphatic heterocycles. The number of nitrogens with one attached hydrogen (secondary N) is 1. The molecule has 0 amide bonds. The van der Waals surface area contributed by atoms with E-state index >= 15 is 0 Å². The van der Waals surface area contributed by atoms with Crippen molar-refractivity contribution in [3.8, 4) is 0 Å². The number of benzene rings is 1. The van der Waals surface area contributed by atoms with Gasteiger partial charge in [0.1, 0.15) is 0 Å². The zero-order valence-electron chi connectivity index (χ0n) is 13.1. The Bertz CT molecular complexity index is 578. The molecule has 0 saturated heterocycles. The molecule has 0 aliphatic rings. The van der Waals surface area contributed by atoms with Crippen LogP contribution in [-0.2, 0) is 0 Å². The van der Waals surface area contributed by atoms with Crippen molar-refractivity contribution in [2.45, 2.75) is 27.7 Å². The summed E-state index contributed by atoms with van der Waals surface area (Å²) in [5.41, 5.74) is 6.36. The monoisotopic (exact) mass is 302 g/mol. The van der Waals surface area contributed by atoms with Crippen LogP contribution in [0.4, 0.5) is 10.8 Å². The van der Waals surface area contributed by atoms with E-state index in [0.29, 0.717) is 0 Å². The summed E-state index contributed by atoms with van der Waals surface area (Å²) in [5, 5.41) is 5.07. The molecule has 2 aromatic rings. The van der Waals surface area contributed by atoms with Crippen molar-refractivity contribution in [2.75, 3.05) is 23.4 Å². The van der Waals surface area contributed by atoms with E-state index in [1.165, 1.54) is 10.6 Å². The molecule has 0 fully saturated rings. The van der Waals surface area contributed by atoms with Crippen LogP contribution < -0.4 is 10.3 Å². The normalized spacial score (nSPS) is 11.0. The molecule has 112 valence electrons. The quantitative estimate of drug-likeness (QED) is 0.646. The van der Waals surface area contributed by atoms with Crippen molar-refractivity contribution < 1.29 is 0 Å². The van der Waals surface area contributed by atoms with Gasteiger partial charge in [0.2, 0.25) is 5.13 Å². The Morgan fingerprint density at radius 2 is 1.86 bits per heavy atom. The first kappa shape index (κ1) is 15.5. The van der Waals surface area contributed by atoms with Gasteiger partial charge in [-0.2, -0.15) is 5.10 Å². The molecule has 0 unspecified atom stereocenters. The second kappa shape index (κ2) is 7.22. The van der Waals surface area contributed by atoms with Crippen molar-refractivity contribution in [3.05, 3.63) is 40.4 Å². The summed E-state index contributed by atoms with van der Waals surface area (Å²) in [5.74, 6) is 0. The van der Waals surface area contributed by atoms with Crippen LogP contribution in [0.25, 0.3) is 0 Å². The van der Waals surface area contributed by atoms with Crippen LogP contribution >= 0.6 is 11.3 Å². The van der Waals surface area contributed by atoms with Crippen LogP contribution in [0.5, 0.6) is 0 Å². The number of hydrogen-bond donors (Lipinski definition) is 1. The first-order chi connectivity index (χ1) is 10.1. The standard InChI is InChI=1S/C16H22N4S/c1-5-20(6-2)15-9-7-14(8-10-15)11-17-19-16-18-12(3)13(4)21-16/h7-11H,5-6H2,1-4H3,(H,18,19)/b17-11-. The van der Waals surface area contributed by atoms with E-state index in [0.717, 1.165) is 29.5 Å². The molecule has 1 heterocycles. The molecule has 2 rings (SSSR count). The summed E-state index contributed by atoms with van der Waals surface area (Å²) in [6.07, 6.45) is 1.82. The van der Waals surface area contributed by atoms with Gasteiger partial charge in [-0.05, 0) is 45.4 Å². The predicted molar refractivity (Wildman–Crippen MR) is 92.8 cm³/mol. The van der Waals surface area contributed by atoms with Crippen LogP contribution in [-0.4, -0.2) is 24.3 Å². The van der Waals surface area contributed by atoms with E-state index in [4.69, 9.17) is 0 Å². The van der Waals surface area contributed by atoms with E-state index in [1.807, 2.05) is 13.1 Å². The molecule has 1 N–H and O–H groups in total. The molecule has 0 atom stereocenters. The predicted octanol–water partition coefficient (Wildman–Crippen LogP) is 4.05. The van der Waals surface area contributed by atoms with E-state index in [2.05, 4.69) is 65.4 Å². The summed E-state index contributed by atoms with van der Waals surface area (Å²) in [6, 6.07) is 8.42. The lowest BCUT2D eigenvalue weighted by Gasteiger charge is -2.20.